The van der Waals surface area contributed by atoms with Gasteiger partial charge in [-0.25, -0.2) is 19.9 Å². The molecule has 128 heavy (non-hydrogen) atoms. The summed E-state index contributed by atoms with van der Waals surface area (Å²) in [5.74, 6) is 1.38. The van der Waals surface area contributed by atoms with Crippen LogP contribution < -0.4 is 0 Å². The molecule has 26 rings (SSSR count). The first kappa shape index (κ1) is 75.7. The lowest BCUT2D eigenvalue weighted by Gasteiger charge is -2.22. The van der Waals surface area contributed by atoms with E-state index in [1.165, 1.54) is 162 Å². The second-order valence-corrected chi connectivity index (χ2v) is 39.3. The average Bonchev–Trinajstić information content (AvgIpc) is 1.57. The highest BCUT2D eigenvalue weighted by Gasteiger charge is 2.35. The topological polar surface area (TPSA) is 51.6 Å². The Bertz CT molecular complexity index is 8540. The summed E-state index contributed by atoms with van der Waals surface area (Å²) in [6.07, 6.45) is 0. The molecule has 7 aromatic heterocycles. The number of aromatic nitrogens is 4. The van der Waals surface area contributed by atoms with Crippen molar-refractivity contribution in [2.45, 2.75) is 19.3 Å². The molecule has 7 heterocycles. The highest BCUT2D eigenvalue weighted by molar-refractivity contribution is 7.27. The smallest absolute Gasteiger partial charge is 0.160 e. The summed E-state index contributed by atoms with van der Waals surface area (Å²) in [5, 5.41) is 12.9. The predicted molar refractivity (Wildman–Crippen MR) is 551 cm³/mol. The van der Waals surface area contributed by atoms with Gasteiger partial charge < -0.3 is 0 Å². The van der Waals surface area contributed by atoms with Gasteiger partial charge in [0.15, 0.2) is 11.6 Å². The van der Waals surface area contributed by atoms with Crippen molar-refractivity contribution in [3.63, 3.8) is 0 Å². The maximum atomic E-state index is 5.45. The minimum absolute atomic E-state index is 0.0552. The van der Waals surface area contributed by atoms with E-state index in [2.05, 4.69) is 426 Å². The Hall–Kier alpha value is -14.8. The summed E-state index contributed by atoms with van der Waals surface area (Å²) in [5.41, 5.74) is 29.0. The molecule has 0 unspecified atom stereocenters. The molecule has 0 atom stereocenters. The van der Waals surface area contributed by atoms with Crippen LogP contribution in [0.4, 0.5) is 0 Å². The molecule has 600 valence electrons. The number of nitrogens with zero attached hydrogens (tertiary/aromatic N) is 4. The lowest BCUT2D eigenvalue weighted by molar-refractivity contribution is 0.660. The fourth-order valence-electron chi connectivity index (χ4n) is 19.2. The number of hydrogen-bond acceptors (Lipinski definition) is 9. The third-order valence-corrected chi connectivity index (χ3v) is 31.5. The van der Waals surface area contributed by atoms with Gasteiger partial charge in [0.1, 0.15) is 0 Å². The van der Waals surface area contributed by atoms with Gasteiger partial charge in [0, 0.05) is 140 Å². The van der Waals surface area contributed by atoms with Gasteiger partial charge >= 0.3 is 0 Å². The fourth-order valence-corrected chi connectivity index (χ4v) is 24.7. The maximum Gasteiger partial charge on any atom is 0.160 e. The van der Waals surface area contributed by atoms with E-state index in [9.17, 15) is 0 Å². The Morgan fingerprint density at radius 2 is 0.406 bits per heavy atom. The Morgan fingerprint density at radius 1 is 0.156 bits per heavy atom. The van der Waals surface area contributed by atoms with Gasteiger partial charge in [0.25, 0.3) is 0 Å². The van der Waals surface area contributed by atoms with Crippen LogP contribution in [0.5, 0.6) is 0 Å². The zero-order valence-corrected chi connectivity index (χ0v) is 73.7. The Labute approximate surface area is 759 Å². The van der Waals surface area contributed by atoms with Crippen LogP contribution in [0.15, 0.2) is 413 Å². The zero-order chi connectivity index (χ0) is 84.7. The zero-order valence-electron chi connectivity index (χ0n) is 69.6. The summed E-state index contributed by atoms with van der Waals surface area (Å²) >= 11 is 9.25. The quantitative estimate of drug-likeness (QED) is 0.122. The molecule has 0 saturated carbocycles. The highest BCUT2D eigenvalue weighted by atomic mass is 32.1. The Kier molecular flexibility index (Phi) is 18.2. The minimum Gasteiger partial charge on any atom is -0.228 e. The van der Waals surface area contributed by atoms with Crippen LogP contribution in [0.2, 0.25) is 0 Å². The first-order chi connectivity index (χ1) is 63.1. The van der Waals surface area contributed by atoms with Crippen molar-refractivity contribution in [3.05, 3.63) is 424 Å². The van der Waals surface area contributed by atoms with Gasteiger partial charge in [0.2, 0.25) is 0 Å². The lowest BCUT2D eigenvalue weighted by atomic mass is 9.81. The van der Waals surface area contributed by atoms with E-state index in [1.54, 1.807) is 0 Å². The van der Waals surface area contributed by atoms with Crippen LogP contribution in [0.25, 0.3) is 247 Å². The molecule has 0 N–H and O–H groups in total. The monoisotopic (exact) mass is 1720 g/mol. The largest absolute Gasteiger partial charge is 0.228 e. The molecule has 0 amide bonds. The van der Waals surface area contributed by atoms with Crippen molar-refractivity contribution in [1.29, 1.82) is 0 Å². The summed E-state index contributed by atoms with van der Waals surface area (Å²) in [4.78, 5) is 21.6. The van der Waals surface area contributed by atoms with E-state index < -0.39 is 0 Å². The first-order valence-electron chi connectivity index (χ1n) is 43.3. The van der Waals surface area contributed by atoms with Crippen LogP contribution in [0, 0.1) is 0 Å². The Morgan fingerprint density at radius 3 is 0.797 bits per heavy atom. The van der Waals surface area contributed by atoms with E-state index in [-0.39, 0.29) is 5.41 Å². The molecular weight excluding hydrogens is 1650 g/mol. The standard InChI is InChI=1S/C61H40N2S2.C58H34N2S3/c1-61(2)52-17-9-6-14-46(52)47-27-24-42(35-53(47)61)37-20-22-39(23-21-37)55-36-54(38-12-4-3-5-13-38)62-60(63-55)45-31-43(40-25-28-58-50(33-40)48-15-7-10-18-56(48)64-58)30-44(32-45)41-26-29-59-51(34-41)49-16-8-11-19-57(49)65-59;1-2-11-35(12-3-1)50-34-51(40-14-10-13-36(27-40)37-21-24-55-47(31-37)44-15-4-7-18-52(44)61-55)60-58(59-50)43-29-41(38-22-25-56-48(32-38)45-16-5-8-19-53(45)62-56)28-42(30-43)39-23-26-57-49(33-39)46-17-6-9-20-54(46)63-57/h3-36H,1-2H3;1-34H. The normalized spacial score (nSPS) is 12.4. The second kappa shape index (κ2) is 30.8. The van der Waals surface area contributed by atoms with Gasteiger partial charge in [-0.2, -0.15) is 0 Å². The summed E-state index contributed by atoms with van der Waals surface area (Å²) in [7, 11) is 0. The number of rotatable bonds is 12. The van der Waals surface area contributed by atoms with Gasteiger partial charge in [0.05, 0.1) is 22.8 Å². The molecule has 0 spiro atoms. The molecule has 1 aliphatic carbocycles. The lowest BCUT2D eigenvalue weighted by Crippen LogP contribution is -2.14. The highest BCUT2D eigenvalue weighted by Crippen LogP contribution is 2.51. The first-order valence-corrected chi connectivity index (χ1v) is 47.4. The molecule has 0 radical (unpaired) electrons. The number of hydrogen-bond donors (Lipinski definition) is 0. The fraction of sp³-hybridized carbons (Fsp3) is 0.0252. The van der Waals surface area contributed by atoms with Gasteiger partial charge in [-0.3, -0.25) is 0 Å². The Balaban J connectivity index is 0.000000139. The molecule has 9 heteroatoms. The van der Waals surface area contributed by atoms with Crippen LogP contribution in [-0.2, 0) is 5.41 Å². The third kappa shape index (κ3) is 13.4. The molecule has 18 aromatic carbocycles. The molecule has 0 fully saturated rings. The van der Waals surface area contributed by atoms with E-state index in [1.807, 2.05) is 56.7 Å². The molecule has 1 aliphatic rings. The van der Waals surface area contributed by atoms with Gasteiger partial charge in [-0.05, 0) is 241 Å². The van der Waals surface area contributed by atoms with Crippen molar-refractivity contribution in [1.82, 2.24) is 19.9 Å². The maximum absolute atomic E-state index is 5.45. The number of thiophene rings is 5. The minimum atomic E-state index is -0.0552. The number of fused-ring (bicyclic) bond motifs is 18. The van der Waals surface area contributed by atoms with Gasteiger partial charge in [-0.15, -0.1) is 56.7 Å². The van der Waals surface area contributed by atoms with Gasteiger partial charge in [-0.1, -0.05) is 275 Å². The molecule has 0 saturated heterocycles. The van der Waals surface area contributed by atoms with Crippen LogP contribution in [0.3, 0.4) is 0 Å². The molecule has 0 aliphatic heterocycles. The van der Waals surface area contributed by atoms with Crippen LogP contribution in [0.1, 0.15) is 25.0 Å². The molecular formula is C119H74N4S5. The van der Waals surface area contributed by atoms with E-state index in [4.69, 9.17) is 19.9 Å². The van der Waals surface area contributed by atoms with Crippen molar-refractivity contribution in [2.24, 2.45) is 0 Å². The van der Waals surface area contributed by atoms with Crippen molar-refractivity contribution in [2.75, 3.05) is 0 Å². The predicted octanol–water partition coefficient (Wildman–Crippen LogP) is 35.1. The summed E-state index contributed by atoms with van der Waals surface area (Å²) in [6.45, 7) is 4.68. The molecule has 0 bridgehead atoms. The third-order valence-electron chi connectivity index (χ3n) is 25.8. The second-order valence-electron chi connectivity index (χ2n) is 33.9. The van der Waals surface area contributed by atoms with Crippen molar-refractivity contribution >= 4 is 158 Å². The molecule has 4 nitrogen and oxygen atoms in total. The van der Waals surface area contributed by atoms with E-state index in [0.717, 1.165) is 84.0 Å². The number of benzene rings is 18. The molecule has 25 aromatic rings. The van der Waals surface area contributed by atoms with Crippen LogP contribution >= 0.6 is 56.7 Å². The average molecular weight is 1720 g/mol. The van der Waals surface area contributed by atoms with E-state index >= 15 is 0 Å². The van der Waals surface area contributed by atoms with Crippen molar-refractivity contribution in [3.8, 4) is 146 Å². The van der Waals surface area contributed by atoms with Crippen LogP contribution in [-0.4, -0.2) is 19.9 Å². The SMILES string of the molecule is CC1(C)c2ccccc2-c2ccc(-c3ccc(-c4cc(-c5ccccc5)nc(-c5cc(-c6ccc7sc8ccccc8c7c6)cc(-c6ccc7sc8ccccc8c7c6)c5)n4)cc3)cc21.c1ccc(-c2cc(-c3cccc(-c4ccc5sc6ccccc6c5c4)c3)nc(-c3cc(-c4ccc5sc6ccccc6c5c4)cc(-c4ccc5sc6ccccc6c5c4)c3)n2)cc1. The van der Waals surface area contributed by atoms with Crippen molar-refractivity contribution < 1.29 is 0 Å². The van der Waals surface area contributed by atoms with E-state index in [0.29, 0.717) is 11.6 Å². The summed E-state index contributed by atoms with van der Waals surface area (Å²) < 4.78 is 13.0. The summed E-state index contributed by atoms with van der Waals surface area (Å²) in [6, 6.07) is 151.